The summed E-state index contributed by atoms with van der Waals surface area (Å²) in [5, 5.41) is 2.91. The molecule has 5 heteroatoms. The Balaban J connectivity index is 2.36. The normalized spacial score (nSPS) is 10.4. The summed E-state index contributed by atoms with van der Waals surface area (Å²) in [5.74, 6) is -0.218. The summed E-state index contributed by atoms with van der Waals surface area (Å²) in [5.41, 5.74) is 0.787. The minimum absolute atomic E-state index is 0.218. The SMILES string of the molecule is CCOCCc1nc(CC(=O)OCC)cs1. The summed E-state index contributed by atoms with van der Waals surface area (Å²) >= 11 is 1.56. The first-order valence-electron chi connectivity index (χ1n) is 5.42. The minimum Gasteiger partial charge on any atom is -0.466 e. The van der Waals surface area contributed by atoms with E-state index in [4.69, 9.17) is 9.47 Å². The lowest BCUT2D eigenvalue weighted by Gasteiger charge is -1.98. The van der Waals surface area contributed by atoms with Crippen molar-refractivity contribution in [3.05, 3.63) is 16.1 Å². The third-order valence-electron chi connectivity index (χ3n) is 1.89. The van der Waals surface area contributed by atoms with Gasteiger partial charge in [0.05, 0.1) is 30.3 Å². The van der Waals surface area contributed by atoms with Gasteiger partial charge in [0, 0.05) is 18.4 Å². The third-order valence-corrected chi connectivity index (χ3v) is 2.85. The molecule has 0 atom stereocenters. The highest BCUT2D eigenvalue weighted by molar-refractivity contribution is 7.09. The molecule has 0 radical (unpaired) electrons. The fraction of sp³-hybridized carbons (Fsp3) is 0.636. The fourth-order valence-corrected chi connectivity index (χ4v) is 1.99. The molecule has 90 valence electrons. The van der Waals surface area contributed by atoms with E-state index >= 15 is 0 Å². The molecule has 0 aromatic carbocycles. The monoisotopic (exact) mass is 243 g/mol. The number of hydrogen-bond donors (Lipinski definition) is 0. The maximum atomic E-state index is 11.2. The molecule has 0 aliphatic rings. The maximum absolute atomic E-state index is 11.2. The molecule has 0 spiro atoms. The number of esters is 1. The van der Waals surface area contributed by atoms with E-state index in [1.54, 1.807) is 18.3 Å². The summed E-state index contributed by atoms with van der Waals surface area (Å²) in [7, 11) is 0. The van der Waals surface area contributed by atoms with Crippen LogP contribution >= 0.6 is 11.3 Å². The molecule has 0 fully saturated rings. The zero-order valence-electron chi connectivity index (χ0n) is 9.69. The number of nitrogens with zero attached hydrogens (tertiary/aromatic N) is 1. The Hall–Kier alpha value is -0.940. The Bertz CT molecular complexity index is 325. The van der Waals surface area contributed by atoms with E-state index in [1.165, 1.54) is 0 Å². The Morgan fingerprint density at radius 3 is 2.94 bits per heavy atom. The van der Waals surface area contributed by atoms with Gasteiger partial charge in [-0.05, 0) is 13.8 Å². The Morgan fingerprint density at radius 1 is 1.44 bits per heavy atom. The summed E-state index contributed by atoms with van der Waals surface area (Å²) in [4.78, 5) is 15.5. The van der Waals surface area contributed by atoms with Gasteiger partial charge >= 0.3 is 5.97 Å². The van der Waals surface area contributed by atoms with Crippen LogP contribution in [0.1, 0.15) is 24.5 Å². The van der Waals surface area contributed by atoms with Crippen molar-refractivity contribution in [3.63, 3.8) is 0 Å². The molecule has 0 saturated heterocycles. The number of hydrogen-bond acceptors (Lipinski definition) is 5. The molecule has 1 aromatic heterocycles. The average Bonchev–Trinajstić information content (AvgIpc) is 2.66. The molecule has 4 nitrogen and oxygen atoms in total. The van der Waals surface area contributed by atoms with Gasteiger partial charge in [0.15, 0.2) is 0 Å². The van der Waals surface area contributed by atoms with E-state index < -0.39 is 0 Å². The molecule has 0 unspecified atom stereocenters. The number of carbonyl (C=O) groups is 1. The van der Waals surface area contributed by atoms with Gasteiger partial charge in [-0.15, -0.1) is 11.3 Å². The van der Waals surface area contributed by atoms with Crippen LogP contribution in [0.25, 0.3) is 0 Å². The van der Waals surface area contributed by atoms with Gasteiger partial charge in [-0.3, -0.25) is 4.79 Å². The Kier molecular flexibility index (Phi) is 6.03. The number of rotatable bonds is 7. The van der Waals surface area contributed by atoms with Crippen molar-refractivity contribution in [1.82, 2.24) is 4.98 Å². The van der Waals surface area contributed by atoms with Gasteiger partial charge in [-0.1, -0.05) is 0 Å². The number of thiazole rings is 1. The van der Waals surface area contributed by atoms with Crippen LogP contribution in [0.5, 0.6) is 0 Å². The van der Waals surface area contributed by atoms with Crippen molar-refractivity contribution < 1.29 is 14.3 Å². The molecule has 0 amide bonds. The standard InChI is InChI=1S/C11H17NO3S/c1-3-14-6-5-10-12-9(8-16-10)7-11(13)15-4-2/h8H,3-7H2,1-2H3. The summed E-state index contributed by atoms with van der Waals surface area (Å²) in [6.45, 7) is 5.59. The van der Waals surface area contributed by atoms with Crippen LogP contribution < -0.4 is 0 Å². The molecular formula is C11H17NO3S. The van der Waals surface area contributed by atoms with Gasteiger partial charge < -0.3 is 9.47 Å². The first kappa shape index (κ1) is 13.1. The van der Waals surface area contributed by atoms with Gasteiger partial charge in [-0.25, -0.2) is 4.98 Å². The molecule has 1 heterocycles. The second-order valence-electron chi connectivity index (χ2n) is 3.16. The van der Waals surface area contributed by atoms with Crippen LogP contribution in [0.2, 0.25) is 0 Å². The summed E-state index contributed by atoms with van der Waals surface area (Å²) in [6.07, 6.45) is 1.07. The first-order chi connectivity index (χ1) is 7.76. The number of ether oxygens (including phenoxy) is 2. The molecule has 0 bridgehead atoms. The van der Waals surface area contributed by atoms with Crippen molar-refractivity contribution >= 4 is 17.3 Å². The zero-order chi connectivity index (χ0) is 11.8. The highest BCUT2D eigenvalue weighted by atomic mass is 32.1. The van der Waals surface area contributed by atoms with Crippen molar-refractivity contribution in [3.8, 4) is 0 Å². The Morgan fingerprint density at radius 2 is 2.25 bits per heavy atom. The highest BCUT2D eigenvalue weighted by Crippen LogP contribution is 2.11. The quantitative estimate of drug-likeness (QED) is 0.541. The number of carbonyl (C=O) groups excluding carboxylic acids is 1. The molecule has 1 aromatic rings. The minimum atomic E-state index is -0.218. The molecule has 0 aliphatic heterocycles. The van der Waals surface area contributed by atoms with Gasteiger partial charge in [0.25, 0.3) is 0 Å². The van der Waals surface area contributed by atoms with Crippen molar-refractivity contribution in [2.24, 2.45) is 0 Å². The highest BCUT2D eigenvalue weighted by Gasteiger charge is 2.08. The van der Waals surface area contributed by atoms with E-state index in [-0.39, 0.29) is 12.4 Å². The van der Waals surface area contributed by atoms with Crippen LogP contribution in [0.15, 0.2) is 5.38 Å². The summed E-state index contributed by atoms with van der Waals surface area (Å²) < 4.78 is 10.1. The average molecular weight is 243 g/mol. The van der Waals surface area contributed by atoms with E-state index in [9.17, 15) is 4.79 Å². The largest absolute Gasteiger partial charge is 0.466 e. The van der Waals surface area contributed by atoms with Crippen molar-refractivity contribution in [2.45, 2.75) is 26.7 Å². The van der Waals surface area contributed by atoms with Crippen LogP contribution in [0.3, 0.4) is 0 Å². The van der Waals surface area contributed by atoms with Crippen LogP contribution in [0, 0.1) is 0 Å². The van der Waals surface area contributed by atoms with Crippen LogP contribution in [0.4, 0.5) is 0 Å². The van der Waals surface area contributed by atoms with Crippen LogP contribution in [-0.2, 0) is 27.1 Å². The van der Waals surface area contributed by atoms with Gasteiger partial charge in [0.1, 0.15) is 0 Å². The second-order valence-corrected chi connectivity index (χ2v) is 4.10. The zero-order valence-corrected chi connectivity index (χ0v) is 10.5. The van der Waals surface area contributed by atoms with E-state index in [1.807, 2.05) is 12.3 Å². The smallest absolute Gasteiger partial charge is 0.311 e. The second kappa shape index (κ2) is 7.35. The predicted molar refractivity (Wildman–Crippen MR) is 62.6 cm³/mol. The molecule has 0 saturated carbocycles. The fourth-order valence-electron chi connectivity index (χ4n) is 1.21. The van der Waals surface area contributed by atoms with Gasteiger partial charge in [0.2, 0.25) is 0 Å². The van der Waals surface area contributed by atoms with Crippen molar-refractivity contribution in [1.29, 1.82) is 0 Å². The van der Waals surface area contributed by atoms with E-state index in [0.717, 1.165) is 23.7 Å². The first-order valence-corrected chi connectivity index (χ1v) is 6.30. The topological polar surface area (TPSA) is 48.4 Å². The molecule has 1 rings (SSSR count). The molecule has 16 heavy (non-hydrogen) atoms. The molecule has 0 N–H and O–H groups in total. The lowest BCUT2D eigenvalue weighted by atomic mass is 10.3. The molecular weight excluding hydrogens is 226 g/mol. The van der Waals surface area contributed by atoms with Gasteiger partial charge in [-0.2, -0.15) is 0 Å². The van der Waals surface area contributed by atoms with Crippen molar-refractivity contribution in [2.75, 3.05) is 19.8 Å². The lowest BCUT2D eigenvalue weighted by Crippen LogP contribution is -2.07. The summed E-state index contributed by atoms with van der Waals surface area (Å²) in [6, 6.07) is 0. The molecule has 0 aliphatic carbocycles. The number of aromatic nitrogens is 1. The van der Waals surface area contributed by atoms with Crippen LogP contribution in [-0.4, -0.2) is 30.8 Å². The maximum Gasteiger partial charge on any atom is 0.311 e. The van der Waals surface area contributed by atoms with E-state index in [0.29, 0.717) is 13.2 Å². The predicted octanol–water partition coefficient (Wildman–Crippen LogP) is 1.83. The van der Waals surface area contributed by atoms with E-state index in [2.05, 4.69) is 4.98 Å². The lowest BCUT2D eigenvalue weighted by molar-refractivity contribution is -0.142. The Labute approximate surface area is 99.6 Å². The third kappa shape index (κ3) is 4.72.